The Kier molecular flexibility index (Phi) is 4.61. The minimum atomic E-state index is -0.00836. The summed E-state index contributed by atoms with van der Waals surface area (Å²) < 4.78 is 10.1. The fraction of sp³-hybridized carbons (Fsp3) is 0.579. The van der Waals surface area contributed by atoms with E-state index in [1.807, 2.05) is 45.6 Å². The SMILES string of the molecule is Cn1cccc1C(=O)N1Cc2ccnn2C[C@H](OCC2CCCC2)C1. The van der Waals surface area contributed by atoms with Crippen LogP contribution in [0.15, 0.2) is 30.6 Å². The third-order valence-electron chi connectivity index (χ3n) is 5.45. The van der Waals surface area contributed by atoms with Gasteiger partial charge in [-0.2, -0.15) is 5.10 Å². The van der Waals surface area contributed by atoms with E-state index in [-0.39, 0.29) is 12.0 Å². The van der Waals surface area contributed by atoms with E-state index in [0.29, 0.717) is 31.2 Å². The van der Waals surface area contributed by atoms with Crippen molar-refractivity contribution in [2.75, 3.05) is 13.2 Å². The molecule has 0 N–H and O–H groups in total. The molecule has 2 aliphatic rings. The second-order valence-electron chi connectivity index (χ2n) is 7.30. The Hall–Kier alpha value is -2.08. The zero-order valence-corrected chi connectivity index (χ0v) is 14.8. The van der Waals surface area contributed by atoms with Crippen molar-refractivity contribution in [1.82, 2.24) is 19.2 Å². The fourth-order valence-electron chi connectivity index (χ4n) is 3.97. The molecule has 134 valence electrons. The van der Waals surface area contributed by atoms with Gasteiger partial charge in [-0.05, 0) is 37.0 Å². The van der Waals surface area contributed by atoms with Crippen LogP contribution in [0, 0.1) is 5.92 Å². The maximum Gasteiger partial charge on any atom is 0.270 e. The van der Waals surface area contributed by atoms with Gasteiger partial charge in [0.15, 0.2) is 0 Å². The van der Waals surface area contributed by atoms with Crippen molar-refractivity contribution in [1.29, 1.82) is 0 Å². The summed E-state index contributed by atoms with van der Waals surface area (Å²) in [5.74, 6) is 0.731. The topological polar surface area (TPSA) is 52.3 Å². The quantitative estimate of drug-likeness (QED) is 0.858. The first kappa shape index (κ1) is 16.4. The predicted molar refractivity (Wildman–Crippen MR) is 94.1 cm³/mol. The third kappa shape index (κ3) is 3.49. The Labute approximate surface area is 148 Å². The molecule has 1 amide bonds. The van der Waals surface area contributed by atoms with Crippen LogP contribution in [-0.2, 0) is 24.9 Å². The van der Waals surface area contributed by atoms with Crippen LogP contribution < -0.4 is 0 Å². The molecule has 0 radical (unpaired) electrons. The summed E-state index contributed by atoms with van der Waals surface area (Å²) in [6.07, 6.45) is 8.88. The number of nitrogens with zero attached hydrogens (tertiary/aromatic N) is 4. The molecule has 1 saturated carbocycles. The van der Waals surface area contributed by atoms with Gasteiger partial charge in [-0.25, -0.2) is 0 Å². The van der Waals surface area contributed by atoms with Crippen molar-refractivity contribution in [2.45, 2.75) is 44.9 Å². The van der Waals surface area contributed by atoms with Gasteiger partial charge in [0.2, 0.25) is 0 Å². The van der Waals surface area contributed by atoms with E-state index in [1.54, 1.807) is 6.20 Å². The molecule has 1 atom stereocenters. The van der Waals surface area contributed by atoms with Crippen LogP contribution >= 0.6 is 0 Å². The first-order chi connectivity index (χ1) is 12.2. The average molecular weight is 342 g/mol. The molecule has 0 bridgehead atoms. The molecule has 3 heterocycles. The smallest absolute Gasteiger partial charge is 0.270 e. The van der Waals surface area contributed by atoms with Crippen molar-refractivity contribution >= 4 is 5.91 Å². The molecule has 2 aromatic rings. The second-order valence-corrected chi connectivity index (χ2v) is 7.30. The van der Waals surface area contributed by atoms with Crippen LogP contribution in [0.5, 0.6) is 0 Å². The molecule has 6 nitrogen and oxygen atoms in total. The molecule has 0 unspecified atom stereocenters. The summed E-state index contributed by atoms with van der Waals surface area (Å²) >= 11 is 0. The summed E-state index contributed by atoms with van der Waals surface area (Å²) in [4.78, 5) is 14.9. The number of aromatic nitrogens is 3. The van der Waals surface area contributed by atoms with Crippen molar-refractivity contribution in [3.63, 3.8) is 0 Å². The minimum Gasteiger partial charge on any atom is -0.374 e. The number of amides is 1. The van der Waals surface area contributed by atoms with E-state index >= 15 is 0 Å². The minimum absolute atomic E-state index is 0.00836. The maximum absolute atomic E-state index is 13.0. The number of rotatable bonds is 4. The monoisotopic (exact) mass is 342 g/mol. The molecule has 25 heavy (non-hydrogen) atoms. The van der Waals surface area contributed by atoms with E-state index < -0.39 is 0 Å². The Morgan fingerprint density at radius 1 is 1.28 bits per heavy atom. The first-order valence-corrected chi connectivity index (χ1v) is 9.23. The highest BCUT2D eigenvalue weighted by Crippen LogP contribution is 2.26. The van der Waals surface area contributed by atoms with Gasteiger partial charge in [0, 0.05) is 32.6 Å². The number of hydrogen-bond donors (Lipinski definition) is 0. The zero-order valence-electron chi connectivity index (χ0n) is 14.8. The molecule has 0 saturated heterocycles. The summed E-state index contributed by atoms with van der Waals surface area (Å²) in [5, 5.41) is 4.41. The molecule has 4 rings (SSSR count). The second kappa shape index (κ2) is 7.04. The number of aryl methyl sites for hydroxylation is 1. The molecule has 1 fully saturated rings. The fourth-order valence-corrected chi connectivity index (χ4v) is 3.97. The molecular formula is C19H26N4O2. The molecule has 0 aromatic carbocycles. The van der Waals surface area contributed by atoms with E-state index in [4.69, 9.17) is 4.74 Å². The third-order valence-corrected chi connectivity index (χ3v) is 5.45. The first-order valence-electron chi connectivity index (χ1n) is 9.23. The maximum atomic E-state index is 13.0. The van der Waals surface area contributed by atoms with Gasteiger partial charge in [-0.15, -0.1) is 0 Å². The molecule has 1 aliphatic carbocycles. The lowest BCUT2D eigenvalue weighted by molar-refractivity contribution is 0.00271. The standard InChI is InChI=1S/C19H26N4O2/c1-21-10-4-7-18(21)19(24)22-11-16-8-9-20-23(16)13-17(12-22)25-14-15-5-2-3-6-15/h4,7-10,15,17H,2-3,5-6,11-14H2,1H3/t17-/m1/s1. The average Bonchev–Trinajstić information content (AvgIpc) is 3.33. The summed E-state index contributed by atoms with van der Waals surface area (Å²) in [7, 11) is 1.91. The molecular weight excluding hydrogens is 316 g/mol. The van der Waals surface area contributed by atoms with Crippen LogP contribution in [0.4, 0.5) is 0 Å². The van der Waals surface area contributed by atoms with E-state index in [0.717, 1.165) is 12.3 Å². The van der Waals surface area contributed by atoms with Crippen LogP contribution in [0.2, 0.25) is 0 Å². The van der Waals surface area contributed by atoms with Gasteiger partial charge in [-0.3, -0.25) is 9.48 Å². The van der Waals surface area contributed by atoms with Crippen LogP contribution in [0.1, 0.15) is 41.9 Å². The van der Waals surface area contributed by atoms with Gasteiger partial charge >= 0.3 is 0 Å². The molecule has 0 spiro atoms. The zero-order chi connectivity index (χ0) is 17.2. The Morgan fingerprint density at radius 3 is 2.88 bits per heavy atom. The van der Waals surface area contributed by atoms with Gasteiger partial charge in [0.25, 0.3) is 5.91 Å². The molecule has 6 heteroatoms. The van der Waals surface area contributed by atoms with Gasteiger partial charge in [-0.1, -0.05) is 12.8 Å². The van der Waals surface area contributed by atoms with Crippen molar-refractivity contribution in [3.05, 3.63) is 42.0 Å². The van der Waals surface area contributed by atoms with E-state index in [1.165, 1.54) is 25.7 Å². The predicted octanol–water partition coefficient (Wildman–Crippen LogP) is 2.45. The number of carbonyl (C=O) groups excluding carboxylic acids is 1. The van der Waals surface area contributed by atoms with Crippen LogP contribution in [0.25, 0.3) is 0 Å². The summed E-state index contributed by atoms with van der Waals surface area (Å²) in [6.45, 7) is 2.70. The van der Waals surface area contributed by atoms with Crippen molar-refractivity contribution in [3.8, 4) is 0 Å². The van der Waals surface area contributed by atoms with Gasteiger partial charge in [0.05, 0.1) is 24.9 Å². The van der Waals surface area contributed by atoms with Gasteiger partial charge < -0.3 is 14.2 Å². The number of ether oxygens (including phenoxy) is 1. The van der Waals surface area contributed by atoms with Crippen LogP contribution in [0.3, 0.4) is 0 Å². The van der Waals surface area contributed by atoms with E-state index in [9.17, 15) is 4.79 Å². The van der Waals surface area contributed by atoms with Crippen LogP contribution in [-0.4, -0.2) is 44.4 Å². The Morgan fingerprint density at radius 2 is 2.12 bits per heavy atom. The lowest BCUT2D eigenvalue weighted by Gasteiger charge is -2.25. The number of fused-ring (bicyclic) bond motifs is 1. The lowest BCUT2D eigenvalue weighted by atomic mass is 10.1. The Bertz CT molecular complexity index is 729. The largest absolute Gasteiger partial charge is 0.374 e. The molecule has 2 aromatic heterocycles. The van der Waals surface area contributed by atoms with E-state index in [2.05, 4.69) is 5.10 Å². The summed E-state index contributed by atoms with van der Waals surface area (Å²) in [6, 6.07) is 5.77. The number of hydrogen-bond acceptors (Lipinski definition) is 3. The highest BCUT2D eigenvalue weighted by molar-refractivity contribution is 5.92. The van der Waals surface area contributed by atoms with Crippen molar-refractivity contribution in [2.24, 2.45) is 13.0 Å². The molecule has 1 aliphatic heterocycles. The Balaban J connectivity index is 1.50. The van der Waals surface area contributed by atoms with Crippen molar-refractivity contribution < 1.29 is 9.53 Å². The highest BCUT2D eigenvalue weighted by atomic mass is 16.5. The number of carbonyl (C=O) groups is 1. The van der Waals surface area contributed by atoms with Gasteiger partial charge in [0.1, 0.15) is 5.69 Å². The normalized spacial score (nSPS) is 21.3. The highest BCUT2D eigenvalue weighted by Gasteiger charge is 2.28. The lowest BCUT2D eigenvalue weighted by Crippen LogP contribution is -2.38. The summed E-state index contributed by atoms with van der Waals surface area (Å²) in [5.41, 5.74) is 1.78.